The Balaban J connectivity index is 2.15. The molecule has 1 N–H and O–H groups in total. The van der Waals surface area contributed by atoms with Crippen LogP contribution in [-0.2, 0) is 0 Å². The molecule has 60 valence electrons. The lowest BCUT2D eigenvalue weighted by molar-refractivity contribution is 0.577. The van der Waals surface area contributed by atoms with Crippen LogP contribution in [0.5, 0.6) is 0 Å². The summed E-state index contributed by atoms with van der Waals surface area (Å²) in [7, 11) is 0. The minimum atomic E-state index is 0.453. The molecule has 4 heteroatoms. The zero-order chi connectivity index (χ0) is 8.23. The number of nitrogens with zero attached hydrogens (tertiary/aromatic N) is 2. The number of hydrogen-bond acceptors (Lipinski definition) is 4. The second-order valence-corrected chi connectivity index (χ2v) is 2.18. The van der Waals surface area contributed by atoms with Gasteiger partial charge in [-0.2, -0.15) is 0 Å². The minimum Gasteiger partial charge on any atom is -0.432 e. The molecular formula is C8H7N3O. The van der Waals surface area contributed by atoms with Crippen LogP contribution in [0.1, 0.15) is 0 Å². The van der Waals surface area contributed by atoms with E-state index in [-0.39, 0.29) is 0 Å². The monoisotopic (exact) mass is 161 g/mol. The third kappa shape index (κ3) is 1.42. The number of rotatable bonds is 2. The molecule has 2 rings (SSSR count). The molecule has 2 aromatic rings. The third-order valence-electron chi connectivity index (χ3n) is 1.33. The van der Waals surface area contributed by atoms with E-state index in [2.05, 4.69) is 15.3 Å². The van der Waals surface area contributed by atoms with Gasteiger partial charge in [-0.05, 0) is 12.1 Å². The van der Waals surface area contributed by atoms with Crippen molar-refractivity contribution in [3.63, 3.8) is 0 Å². The second-order valence-electron chi connectivity index (χ2n) is 2.18. The molecule has 2 aromatic heterocycles. The molecule has 0 saturated heterocycles. The predicted octanol–water partition coefficient (Wildman–Crippen LogP) is 1.81. The maximum atomic E-state index is 4.98. The molecule has 0 fully saturated rings. The molecule has 0 atom stereocenters. The van der Waals surface area contributed by atoms with Gasteiger partial charge in [0.1, 0.15) is 12.1 Å². The molecule has 0 aromatic carbocycles. The Morgan fingerprint density at radius 3 is 2.83 bits per heavy atom. The van der Waals surface area contributed by atoms with Gasteiger partial charge in [0.15, 0.2) is 0 Å². The molecule has 4 nitrogen and oxygen atoms in total. The summed E-state index contributed by atoms with van der Waals surface area (Å²) in [5.41, 5.74) is 0. The van der Waals surface area contributed by atoms with Crippen LogP contribution in [0.15, 0.2) is 41.3 Å². The van der Waals surface area contributed by atoms with Gasteiger partial charge in [-0.1, -0.05) is 6.07 Å². The van der Waals surface area contributed by atoms with Gasteiger partial charge in [0.2, 0.25) is 0 Å². The van der Waals surface area contributed by atoms with Gasteiger partial charge in [0.05, 0.1) is 6.20 Å². The molecule has 0 aliphatic rings. The summed E-state index contributed by atoms with van der Waals surface area (Å²) in [5, 5.41) is 2.90. The van der Waals surface area contributed by atoms with Gasteiger partial charge in [0, 0.05) is 6.20 Å². The summed E-state index contributed by atoms with van der Waals surface area (Å²) in [5.74, 6) is 0.722. The number of hydrogen-bond donors (Lipinski definition) is 1. The van der Waals surface area contributed by atoms with E-state index in [4.69, 9.17) is 4.42 Å². The standard InChI is InChI=1S/C8H7N3O/c1-2-4-9-7(3-1)11-8-10-5-6-12-8/h1-6H,(H,9,10,11). The molecule has 0 spiro atoms. The average Bonchev–Trinajstić information content (AvgIpc) is 2.59. The van der Waals surface area contributed by atoms with Crippen LogP contribution in [-0.4, -0.2) is 9.97 Å². The molecule has 0 amide bonds. The van der Waals surface area contributed by atoms with E-state index in [1.807, 2.05) is 18.2 Å². The van der Waals surface area contributed by atoms with E-state index in [1.54, 1.807) is 12.4 Å². The van der Waals surface area contributed by atoms with Gasteiger partial charge in [-0.15, -0.1) is 0 Å². The zero-order valence-corrected chi connectivity index (χ0v) is 6.27. The number of pyridine rings is 1. The highest BCUT2D eigenvalue weighted by molar-refractivity contribution is 5.44. The summed E-state index contributed by atoms with van der Waals surface area (Å²) in [6.45, 7) is 0. The van der Waals surface area contributed by atoms with E-state index in [0.717, 1.165) is 5.82 Å². The molecule has 0 saturated carbocycles. The van der Waals surface area contributed by atoms with Gasteiger partial charge in [-0.25, -0.2) is 9.97 Å². The van der Waals surface area contributed by atoms with Crippen molar-refractivity contribution >= 4 is 11.8 Å². The number of aromatic nitrogens is 2. The van der Waals surface area contributed by atoms with Gasteiger partial charge in [0.25, 0.3) is 6.01 Å². The average molecular weight is 161 g/mol. The number of nitrogens with one attached hydrogen (secondary N) is 1. The largest absolute Gasteiger partial charge is 0.432 e. The second kappa shape index (κ2) is 3.04. The fourth-order valence-corrected chi connectivity index (χ4v) is 0.831. The number of anilines is 2. The van der Waals surface area contributed by atoms with E-state index in [9.17, 15) is 0 Å². The maximum Gasteiger partial charge on any atom is 0.300 e. The van der Waals surface area contributed by atoms with E-state index >= 15 is 0 Å². The quantitative estimate of drug-likeness (QED) is 0.729. The molecule has 0 aliphatic carbocycles. The summed E-state index contributed by atoms with van der Waals surface area (Å²) in [4.78, 5) is 7.94. The van der Waals surface area contributed by atoms with Crippen molar-refractivity contribution in [1.82, 2.24) is 9.97 Å². The summed E-state index contributed by atoms with van der Waals surface area (Å²) >= 11 is 0. The van der Waals surface area contributed by atoms with Gasteiger partial charge >= 0.3 is 0 Å². The lowest BCUT2D eigenvalue weighted by Crippen LogP contribution is -1.91. The zero-order valence-electron chi connectivity index (χ0n) is 6.27. The molecule has 2 heterocycles. The number of oxazole rings is 1. The third-order valence-corrected chi connectivity index (χ3v) is 1.33. The Labute approximate surface area is 69.3 Å². The summed E-state index contributed by atoms with van der Waals surface area (Å²) < 4.78 is 4.98. The molecule has 0 bridgehead atoms. The van der Waals surface area contributed by atoms with Crippen LogP contribution in [0.4, 0.5) is 11.8 Å². The maximum absolute atomic E-state index is 4.98. The van der Waals surface area contributed by atoms with Crippen molar-refractivity contribution in [2.24, 2.45) is 0 Å². The molecule has 12 heavy (non-hydrogen) atoms. The minimum absolute atomic E-state index is 0.453. The Morgan fingerprint density at radius 1 is 1.17 bits per heavy atom. The first-order chi connectivity index (χ1) is 5.95. The van der Waals surface area contributed by atoms with Crippen LogP contribution in [0, 0.1) is 0 Å². The van der Waals surface area contributed by atoms with Crippen LogP contribution >= 0.6 is 0 Å². The molecule has 0 aliphatic heterocycles. The Morgan fingerprint density at radius 2 is 2.17 bits per heavy atom. The highest BCUT2D eigenvalue weighted by Crippen LogP contribution is 2.09. The smallest absolute Gasteiger partial charge is 0.300 e. The van der Waals surface area contributed by atoms with Gasteiger partial charge < -0.3 is 4.42 Å². The van der Waals surface area contributed by atoms with Crippen LogP contribution < -0.4 is 5.32 Å². The Bertz CT molecular complexity index is 330. The van der Waals surface area contributed by atoms with Crippen molar-refractivity contribution in [3.8, 4) is 0 Å². The first-order valence-electron chi connectivity index (χ1n) is 3.53. The topological polar surface area (TPSA) is 51.0 Å². The highest BCUT2D eigenvalue weighted by Gasteiger charge is 1.96. The highest BCUT2D eigenvalue weighted by atomic mass is 16.4. The van der Waals surface area contributed by atoms with Crippen molar-refractivity contribution in [3.05, 3.63) is 36.9 Å². The lowest BCUT2D eigenvalue weighted by Gasteiger charge is -1.97. The molecule has 0 unspecified atom stereocenters. The Hall–Kier alpha value is -1.84. The van der Waals surface area contributed by atoms with Crippen molar-refractivity contribution in [2.75, 3.05) is 5.32 Å². The van der Waals surface area contributed by atoms with E-state index < -0.39 is 0 Å². The molecular weight excluding hydrogens is 154 g/mol. The van der Waals surface area contributed by atoms with Gasteiger partial charge in [-0.3, -0.25) is 5.32 Å². The van der Waals surface area contributed by atoms with E-state index in [1.165, 1.54) is 6.26 Å². The SMILES string of the molecule is c1ccc(Nc2ncco2)nc1. The Kier molecular flexibility index (Phi) is 1.74. The predicted molar refractivity (Wildman–Crippen MR) is 44.0 cm³/mol. The summed E-state index contributed by atoms with van der Waals surface area (Å²) in [6, 6.07) is 6.03. The van der Waals surface area contributed by atoms with Crippen LogP contribution in [0.25, 0.3) is 0 Å². The van der Waals surface area contributed by atoms with Crippen molar-refractivity contribution < 1.29 is 4.42 Å². The first-order valence-corrected chi connectivity index (χ1v) is 3.53. The lowest BCUT2D eigenvalue weighted by atomic mass is 10.5. The first kappa shape index (κ1) is 6.84. The molecule has 0 radical (unpaired) electrons. The fraction of sp³-hybridized carbons (Fsp3) is 0. The van der Waals surface area contributed by atoms with Crippen molar-refractivity contribution in [2.45, 2.75) is 0 Å². The van der Waals surface area contributed by atoms with Crippen LogP contribution in [0.3, 0.4) is 0 Å². The normalized spacial score (nSPS) is 9.67. The van der Waals surface area contributed by atoms with Crippen LogP contribution in [0.2, 0.25) is 0 Å². The van der Waals surface area contributed by atoms with Crippen molar-refractivity contribution in [1.29, 1.82) is 0 Å². The van der Waals surface area contributed by atoms with E-state index in [0.29, 0.717) is 6.01 Å². The fourth-order valence-electron chi connectivity index (χ4n) is 0.831. The summed E-state index contributed by atoms with van der Waals surface area (Å²) in [6.07, 6.45) is 4.78.